The van der Waals surface area contributed by atoms with Gasteiger partial charge >= 0.3 is 0 Å². The van der Waals surface area contributed by atoms with E-state index in [0.29, 0.717) is 36.6 Å². The highest BCUT2D eigenvalue weighted by molar-refractivity contribution is 5.79. The number of guanidine groups is 1. The highest BCUT2D eigenvalue weighted by atomic mass is 19.1. The van der Waals surface area contributed by atoms with Gasteiger partial charge in [0.1, 0.15) is 11.6 Å². The largest absolute Gasteiger partial charge is 0.356 e. The van der Waals surface area contributed by atoms with Gasteiger partial charge in [-0.2, -0.15) is 5.26 Å². The molecule has 6 heteroatoms. The van der Waals surface area contributed by atoms with Crippen molar-refractivity contribution < 1.29 is 8.78 Å². The molecule has 0 radical (unpaired) electrons. The summed E-state index contributed by atoms with van der Waals surface area (Å²) in [5.41, 5.74) is 1.94. The summed E-state index contributed by atoms with van der Waals surface area (Å²) in [4.78, 5) is 4.08. The monoisotopic (exact) mass is 328 g/mol. The Balaban J connectivity index is 1.82. The summed E-state index contributed by atoms with van der Waals surface area (Å²) < 4.78 is 26.7. The summed E-state index contributed by atoms with van der Waals surface area (Å²) in [6.07, 6.45) is 0.348. The van der Waals surface area contributed by atoms with E-state index < -0.39 is 11.6 Å². The normalized spacial score (nSPS) is 11.0. The third kappa shape index (κ3) is 5.06. The highest BCUT2D eigenvalue weighted by Crippen LogP contribution is 2.09. The van der Waals surface area contributed by atoms with Crippen molar-refractivity contribution in [3.05, 3.63) is 70.8 Å². The van der Waals surface area contributed by atoms with Gasteiger partial charge in [0.2, 0.25) is 0 Å². The van der Waals surface area contributed by atoms with E-state index in [1.165, 1.54) is 6.07 Å². The van der Waals surface area contributed by atoms with Gasteiger partial charge in [-0.1, -0.05) is 12.1 Å². The van der Waals surface area contributed by atoms with Crippen molar-refractivity contribution in [3.8, 4) is 6.07 Å². The second-order valence-electron chi connectivity index (χ2n) is 5.15. The molecule has 2 N–H and O–H groups in total. The lowest BCUT2D eigenvalue weighted by Crippen LogP contribution is -2.37. The van der Waals surface area contributed by atoms with Gasteiger partial charge in [0.05, 0.1) is 11.6 Å². The van der Waals surface area contributed by atoms with Crippen LogP contribution in [0.4, 0.5) is 8.78 Å². The molecule has 4 nitrogen and oxygen atoms in total. The molecule has 24 heavy (non-hydrogen) atoms. The first kappa shape index (κ1) is 17.4. The van der Waals surface area contributed by atoms with Crippen molar-refractivity contribution in [1.82, 2.24) is 10.6 Å². The number of halogens is 2. The Morgan fingerprint density at radius 3 is 2.54 bits per heavy atom. The summed E-state index contributed by atoms with van der Waals surface area (Å²) in [6.45, 7) is 0.965. The van der Waals surface area contributed by atoms with E-state index in [-0.39, 0.29) is 0 Å². The minimum atomic E-state index is -0.449. The topological polar surface area (TPSA) is 60.2 Å². The number of nitrogens with zero attached hydrogens (tertiary/aromatic N) is 2. The average molecular weight is 328 g/mol. The van der Waals surface area contributed by atoms with Crippen molar-refractivity contribution in [2.45, 2.75) is 13.0 Å². The van der Waals surface area contributed by atoms with Crippen LogP contribution in [-0.2, 0) is 13.0 Å². The van der Waals surface area contributed by atoms with Gasteiger partial charge in [0, 0.05) is 20.1 Å². The molecule has 0 aliphatic rings. The van der Waals surface area contributed by atoms with Gasteiger partial charge in [0.25, 0.3) is 0 Å². The zero-order valence-corrected chi connectivity index (χ0v) is 13.3. The van der Waals surface area contributed by atoms with E-state index in [2.05, 4.69) is 21.7 Å². The average Bonchev–Trinajstić information content (AvgIpc) is 2.61. The fourth-order valence-corrected chi connectivity index (χ4v) is 2.15. The zero-order chi connectivity index (χ0) is 17.4. The standard InChI is InChI=1S/C18H18F2N4/c1-22-18(24-12-14-4-2-13(11-21)3-5-14)23-9-8-15-10-16(19)6-7-17(15)20/h2-7,10H,8-9,12H2,1H3,(H2,22,23,24). The van der Waals surface area contributed by atoms with E-state index >= 15 is 0 Å². The molecule has 0 atom stereocenters. The van der Waals surface area contributed by atoms with Crippen LogP contribution in [-0.4, -0.2) is 19.6 Å². The molecule has 0 bridgehead atoms. The zero-order valence-electron chi connectivity index (χ0n) is 13.3. The Kier molecular flexibility index (Phi) is 6.26. The first-order valence-electron chi connectivity index (χ1n) is 7.50. The molecule has 0 aromatic heterocycles. The van der Waals surface area contributed by atoms with Crippen LogP contribution in [0.5, 0.6) is 0 Å². The number of rotatable bonds is 5. The van der Waals surface area contributed by atoms with Gasteiger partial charge in [-0.15, -0.1) is 0 Å². The van der Waals surface area contributed by atoms with Gasteiger partial charge in [0.15, 0.2) is 5.96 Å². The first-order valence-corrected chi connectivity index (χ1v) is 7.50. The van der Waals surface area contributed by atoms with Gasteiger partial charge in [-0.25, -0.2) is 8.78 Å². The molecular weight excluding hydrogens is 310 g/mol. The maximum Gasteiger partial charge on any atom is 0.191 e. The molecule has 0 amide bonds. The second-order valence-corrected chi connectivity index (χ2v) is 5.15. The fourth-order valence-electron chi connectivity index (χ4n) is 2.15. The summed E-state index contributed by atoms with van der Waals surface area (Å²) in [6, 6.07) is 12.7. The number of aliphatic imine (C=N–C) groups is 1. The Hall–Kier alpha value is -2.94. The SMILES string of the molecule is CN=C(NCCc1cc(F)ccc1F)NCc1ccc(C#N)cc1. The second kappa shape index (κ2) is 8.63. The van der Waals surface area contributed by atoms with Crippen molar-refractivity contribution >= 4 is 5.96 Å². The van der Waals surface area contributed by atoms with Crippen LogP contribution >= 0.6 is 0 Å². The Bertz CT molecular complexity index is 749. The van der Waals surface area contributed by atoms with E-state index in [9.17, 15) is 8.78 Å². The predicted octanol–water partition coefficient (Wildman–Crippen LogP) is 2.74. The fraction of sp³-hybridized carbons (Fsp3) is 0.222. The molecule has 2 aromatic carbocycles. The maximum absolute atomic E-state index is 13.5. The smallest absolute Gasteiger partial charge is 0.191 e. The lowest BCUT2D eigenvalue weighted by molar-refractivity contribution is 0.583. The lowest BCUT2D eigenvalue weighted by atomic mass is 10.1. The Morgan fingerprint density at radius 1 is 1.12 bits per heavy atom. The molecule has 0 spiro atoms. The van der Waals surface area contributed by atoms with E-state index in [4.69, 9.17) is 5.26 Å². The lowest BCUT2D eigenvalue weighted by Gasteiger charge is -2.12. The van der Waals surface area contributed by atoms with Crippen molar-refractivity contribution in [2.24, 2.45) is 4.99 Å². The van der Waals surface area contributed by atoms with Gasteiger partial charge in [-0.05, 0) is 47.9 Å². The molecule has 2 aromatic rings. The molecule has 2 rings (SSSR count). The minimum absolute atomic E-state index is 0.324. The molecule has 0 heterocycles. The number of hydrogen-bond donors (Lipinski definition) is 2. The minimum Gasteiger partial charge on any atom is -0.356 e. The van der Waals surface area contributed by atoms with Crippen LogP contribution in [0.15, 0.2) is 47.5 Å². The summed E-state index contributed by atoms with van der Waals surface area (Å²) in [7, 11) is 1.64. The van der Waals surface area contributed by atoms with E-state index in [0.717, 1.165) is 17.7 Å². The molecule has 124 valence electrons. The van der Waals surface area contributed by atoms with Gasteiger partial charge in [-0.3, -0.25) is 4.99 Å². The molecule has 0 saturated carbocycles. The maximum atomic E-state index is 13.5. The van der Waals surface area contributed by atoms with Crippen molar-refractivity contribution in [3.63, 3.8) is 0 Å². The van der Waals surface area contributed by atoms with Crippen molar-refractivity contribution in [1.29, 1.82) is 5.26 Å². The van der Waals surface area contributed by atoms with Crippen LogP contribution in [0.25, 0.3) is 0 Å². The molecule has 0 fully saturated rings. The highest BCUT2D eigenvalue weighted by Gasteiger charge is 2.04. The first-order chi connectivity index (χ1) is 11.6. The summed E-state index contributed by atoms with van der Waals surface area (Å²) in [5, 5.41) is 14.9. The third-order valence-corrected chi connectivity index (χ3v) is 3.46. The van der Waals surface area contributed by atoms with Crippen LogP contribution in [0.2, 0.25) is 0 Å². The molecule has 0 aliphatic carbocycles. The predicted molar refractivity (Wildman–Crippen MR) is 89.4 cm³/mol. The Morgan fingerprint density at radius 2 is 1.88 bits per heavy atom. The van der Waals surface area contributed by atoms with Crippen LogP contribution in [0.3, 0.4) is 0 Å². The number of hydrogen-bond acceptors (Lipinski definition) is 2. The quantitative estimate of drug-likeness (QED) is 0.655. The van der Waals surface area contributed by atoms with E-state index in [1.54, 1.807) is 19.2 Å². The third-order valence-electron chi connectivity index (χ3n) is 3.46. The number of nitrogens with one attached hydrogen (secondary N) is 2. The summed E-state index contributed by atoms with van der Waals surface area (Å²) >= 11 is 0. The molecular formula is C18H18F2N4. The molecule has 0 unspecified atom stereocenters. The van der Waals surface area contributed by atoms with E-state index in [1.807, 2.05) is 12.1 Å². The van der Waals surface area contributed by atoms with Gasteiger partial charge < -0.3 is 10.6 Å². The molecule has 0 saturated heterocycles. The molecule has 0 aliphatic heterocycles. The number of benzene rings is 2. The number of nitriles is 1. The van der Waals surface area contributed by atoms with Crippen molar-refractivity contribution in [2.75, 3.05) is 13.6 Å². The van der Waals surface area contributed by atoms with Crippen LogP contribution in [0.1, 0.15) is 16.7 Å². The van der Waals surface area contributed by atoms with Crippen LogP contribution in [0, 0.1) is 23.0 Å². The summed E-state index contributed by atoms with van der Waals surface area (Å²) in [5.74, 6) is -0.301. The Labute approximate surface area is 139 Å². The van der Waals surface area contributed by atoms with Crippen LogP contribution < -0.4 is 10.6 Å².